The number of nitrogens with one attached hydrogen (secondary N) is 1. The topological polar surface area (TPSA) is 76.7 Å². The van der Waals surface area contributed by atoms with Gasteiger partial charge in [-0.3, -0.25) is 4.79 Å². The van der Waals surface area contributed by atoms with Crippen LogP contribution in [0.4, 0.5) is 10.1 Å². The number of hydrogen-bond acceptors (Lipinski definition) is 3. The summed E-state index contributed by atoms with van der Waals surface area (Å²) in [7, 11) is 1.51. The van der Waals surface area contributed by atoms with Gasteiger partial charge in [0.15, 0.2) is 0 Å². The van der Waals surface area contributed by atoms with E-state index < -0.39 is 0 Å². The normalized spacial score (nSPS) is 11.2. The lowest BCUT2D eigenvalue weighted by Crippen LogP contribution is -2.17. The summed E-state index contributed by atoms with van der Waals surface area (Å²) >= 11 is 0. The summed E-state index contributed by atoms with van der Waals surface area (Å²) in [6.45, 7) is 1.86. The van der Waals surface area contributed by atoms with Crippen molar-refractivity contribution in [1.29, 1.82) is 0 Å². The summed E-state index contributed by atoms with van der Waals surface area (Å²) in [6, 6.07) is 3.20. The molecule has 0 radical (unpaired) electrons. The van der Waals surface area contributed by atoms with Crippen LogP contribution in [0.3, 0.4) is 0 Å². The molecule has 0 heterocycles. The average molecular weight is 253 g/mol. The van der Waals surface area contributed by atoms with Crippen molar-refractivity contribution in [3.63, 3.8) is 0 Å². The lowest BCUT2D eigenvalue weighted by atomic mass is 10.1. The van der Waals surface area contributed by atoms with Gasteiger partial charge >= 0.3 is 0 Å². The van der Waals surface area contributed by atoms with E-state index in [0.717, 1.165) is 0 Å². The maximum Gasteiger partial charge on any atom is 0.281 e. The van der Waals surface area contributed by atoms with E-state index in [9.17, 15) is 9.18 Å². The Morgan fingerprint density at radius 1 is 1.61 bits per heavy atom. The summed E-state index contributed by atoms with van der Waals surface area (Å²) in [5, 5.41) is 2.49. The number of aryl methyl sites for hydroxylation is 1. The van der Waals surface area contributed by atoms with Crippen molar-refractivity contribution in [2.75, 3.05) is 19.0 Å². The van der Waals surface area contributed by atoms with Crippen molar-refractivity contribution in [2.45, 2.75) is 13.3 Å². The van der Waals surface area contributed by atoms with Crippen molar-refractivity contribution in [3.05, 3.63) is 29.1 Å². The van der Waals surface area contributed by atoms with Crippen LogP contribution in [0.1, 0.15) is 11.1 Å². The number of nitrogens with zero attached hydrogens (tertiary/aromatic N) is 1. The fourth-order valence-corrected chi connectivity index (χ4v) is 1.51. The molecule has 1 amide bonds. The van der Waals surface area contributed by atoms with Gasteiger partial charge in [0.2, 0.25) is 6.41 Å². The van der Waals surface area contributed by atoms with Gasteiger partial charge < -0.3 is 15.8 Å². The molecule has 0 spiro atoms. The Kier molecular flexibility index (Phi) is 5.10. The molecule has 0 aromatic heterocycles. The van der Waals surface area contributed by atoms with Crippen molar-refractivity contribution < 1.29 is 13.9 Å². The lowest BCUT2D eigenvalue weighted by molar-refractivity contribution is -0.105. The number of hydrogen-bond donors (Lipinski definition) is 2. The smallest absolute Gasteiger partial charge is 0.281 e. The molecular weight excluding hydrogens is 237 g/mol. The third-order valence-electron chi connectivity index (χ3n) is 2.40. The second kappa shape index (κ2) is 6.58. The van der Waals surface area contributed by atoms with Gasteiger partial charge in [0.1, 0.15) is 5.82 Å². The standard InChI is InChI=1S/C12H16FN3O2/c1-8-5-10(16-7-17)6-9(11(8)13)3-4-18-12(14)15-2/h5-7H,3-4H2,1-2H3,(H2,14,15)(H,16,17). The highest BCUT2D eigenvalue weighted by molar-refractivity contribution is 5.72. The molecule has 0 aliphatic heterocycles. The van der Waals surface area contributed by atoms with Crippen LogP contribution < -0.4 is 11.1 Å². The summed E-state index contributed by atoms with van der Waals surface area (Å²) in [6.07, 6.45) is 0.895. The van der Waals surface area contributed by atoms with E-state index in [0.29, 0.717) is 29.6 Å². The monoisotopic (exact) mass is 253 g/mol. The van der Waals surface area contributed by atoms with Crippen molar-refractivity contribution >= 4 is 18.1 Å². The first kappa shape index (κ1) is 14.0. The van der Waals surface area contributed by atoms with Crippen LogP contribution >= 0.6 is 0 Å². The first-order valence-electron chi connectivity index (χ1n) is 5.42. The molecule has 6 heteroatoms. The van der Waals surface area contributed by atoms with Crippen LogP contribution in [0, 0.1) is 12.7 Å². The number of nitrogens with two attached hydrogens (primary N) is 1. The van der Waals surface area contributed by atoms with Crippen LogP contribution in [0.25, 0.3) is 0 Å². The van der Waals surface area contributed by atoms with Crippen LogP contribution in [0.5, 0.6) is 0 Å². The van der Waals surface area contributed by atoms with Gasteiger partial charge in [-0.05, 0) is 30.2 Å². The molecule has 98 valence electrons. The highest BCUT2D eigenvalue weighted by Gasteiger charge is 2.08. The fourth-order valence-electron chi connectivity index (χ4n) is 1.51. The summed E-state index contributed by atoms with van der Waals surface area (Å²) in [5.41, 5.74) is 6.84. The molecule has 0 aliphatic rings. The molecule has 0 atom stereocenters. The predicted octanol–water partition coefficient (Wildman–Crippen LogP) is 1.21. The van der Waals surface area contributed by atoms with Crippen LogP contribution in [0.2, 0.25) is 0 Å². The highest BCUT2D eigenvalue weighted by Crippen LogP contribution is 2.19. The van der Waals surface area contributed by atoms with E-state index in [2.05, 4.69) is 10.3 Å². The fraction of sp³-hybridized carbons (Fsp3) is 0.333. The van der Waals surface area contributed by atoms with Crippen molar-refractivity contribution in [3.8, 4) is 0 Å². The second-order valence-corrected chi connectivity index (χ2v) is 3.69. The Labute approximate surface area is 105 Å². The minimum atomic E-state index is -0.304. The van der Waals surface area contributed by atoms with Crippen molar-refractivity contribution in [2.24, 2.45) is 10.7 Å². The molecule has 0 aliphatic carbocycles. The van der Waals surface area contributed by atoms with E-state index in [1.54, 1.807) is 19.1 Å². The minimum absolute atomic E-state index is 0.0642. The van der Waals surface area contributed by atoms with E-state index in [-0.39, 0.29) is 18.4 Å². The number of amides is 1. The molecule has 0 saturated carbocycles. The van der Waals surface area contributed by atoms with Gasteiger partial charge in [-0.15, -0.1) is 0 Å². The number of anilines is 1. The number of amidine groups is 1. The minimum Gasteiger partial charge on any atom is -0.465 e. The molecule has 5 nitrogen and oxygen atoms in total. The SMILES string of the molecule is C/N=C(/N)OCCc1cc(NC=O)cc(C)c1F. The van der Waals surface area contributed by atoms with Gasteiger partial charge in [-0.2, -0.15) is 0 Å². The van der Waals surface area contributed by atoms with E-state index in [1.807, 2.05) is 0 Å². The largest absolute Gasteiger partial charge is 0.465 e. The molecule has 0 bridgehead atoms. The molecule has 1 rings (SSSR count). The number of rotatable bonds is 5. The Balaban J connectivity index is 2.77. The molecule has 18 heavy (non-hydrogen) atoms. The third kappa shape index (κ3) is 3.73. The highest BCUT2D eigenvalue weighted by atomic mass is 19.1. The molecule has 1 aromatic rings. The van der Waals surface area contributed by atoms with E-state index >= 15 is 0 Å². The van der Waals surface area contributed by atoms with Crippen LogP contribution in [-0.2, 0) is 16.0 Å². The second-order valence-electron chi connectivity index (χ2n) is 3.69. The molecular formula is C12H16FN3O2. The molecule has 3 N–H and O–H groups in total. The van der Waals surface area contributed by atoms with Gasteiger partial charge in [-0.25, -0.2) is 9.38 Å². The number of carbonyl (C=O) groups excluding carboxylic acids is 1. The van der Waals surface area contributed by atoms with E-state index in [1.165, 1.54) is 7.05 Å². The first-order valence-corrected chi connectivity index (χ1v) is 5.42. The molecule has 0 saturated heterocycles. The third-order valence-corrected chi connectivity index (χ3v) is 2.40. The molecule has 0 unspecified atom stereocenters. The zero-order valence-corrected chi connectivity index (χ0v) is 10.4. The molecule has 0 fully saturated rings. The first-order chi connectivity index (χ1) is 8.58. The van der Waals surface area contributed by atoms with Crippen LogP contribution in [-0.4, -0.2) is 26.1 Å². The number of ether oxygens (including phenoxy) is 1. The summed E-state index contributed by atoms with van der Waals surface area (Å²) < 4.78 is 18.9. The zero-order valence-electron chi connectivity index (χ0n) is 10.4. The maximum absolute atomic E-state index is 13.8. The number of aliphatic imine (C=N–C) groups is 1. The quantitative estimate of drug-likeness (QED) is 0.470. The number of halogens is 1. The average Bonchev–Trinajstić information content (AvgIpc) is 2.35. The van der Waals surface area contributed by atoms with E-state index in [4.69, 9.17) is 10.5 Å². The van der Waals surface area contributed by atoms with Gasteiger partial charge in [0.05, 0.1) is 6.61 Å². The number of carbonyl (C=O) groups is 1. The maximum atomic E-state index is 13.8. The Bertz CT molecular complexity index is 461. The zero-order chi connectivity index (χ0) is 13.5. The summed E-state index contributed by atoms with van der Waals surface area (Å²) in [4.78, 5) is 14.0. The van der Waals surface area contributed by atoms with Gasteiger partial charge in [0.25, 0.3) is 6.02 Å². The summed E-state index contributed by atoms with van der Waals surface area (Å²) in [5.74, 6) is -0.304. The predicted molar refractivity (Wildman–Crippen MR) is 68.0 cm³/mol. The Morgan fingerprint density at radius 3 is 2.94 bits per heavy atom. The molecule has 1 aromatic carbocycles. The Hall–Kier alpha value is -2.11. The van der Waals surface area contributed by atoms with Gasteiger partial charge in [0, 0.05) is 19.2 Å². The van der Waals surface area contributed by atoms with Crippen molar-refractivity contribution in [1.82, 2.24) is 0 Å². The lowest BCUT2D eigenvalue weighted by Gasteiger charge is -2.09. The number of benzene rings is 1. The van der Waals surface area contributed by atoms with Crippen LogP contribution in [0.15, 0.2) is 17.1 Å². The van der Waals surface area contributed by atoms with Gasteiger partial charge in [-0.1, -0.05) is 0 Å². The Morgan fingerprint density at radius 2 is 2.33 bits per heavy atom.